The minimum atomic E-state index is -4.52. The first-order valence-corrected chi connectivity index (χ1v) is 6.93. The van der Waals surface area contributed by atoms with Crippen molar-refractivity contribution in [2.75, 3.05) is 0 Å². The lowest BCUT2D eigenvalue weighted by Gasteiger charge is -2.40. The number of hydrogen-bond acceptors (Lipinski definition) is 3. The van der Waals surface area contributed by atoms with Crippen LogP contribution >= 0.6 is 0 Å². The lowest BCUT2D eigenvalue weighted by molar-refractivity contribution is -0.141. The molecule has 0 N–H and O–H groups in total. The van der Waals surface area contributed by atoms with Crippen LogP contribution < -0.4 is 0 Å². The average molecular weight is 306 g/mol. The van der Waals surface area contributed by atoms with E-state index in [1.54, 1.807) is 18.2 Å². The maximum Gasteiger partial charge on any atom is 0.433 e. The number of ketones is 1. The zero-order valence-electron chi connectivity index (χ0n) is 11.6. The molecule has 0 atom stereocenters. The second-order valence-corrected chi connectivity index (χ2v) is 5.41. The summed E-state index contributed by atoms with van der Waals surface area (Å²) in [5, 5.41) is 0. The first-order valence-electron chi connectivity index (χ1n) is 6.93. The number of carbonyl (C=O) groups excluding carboxylic acids is 1. The van der Waals surface area contributed by atoms with E-state index in [0.717, 1.165) is 18.7 Å². The highest BCUT2D eigenvalue weighted by Gasteiger charge is 2.47. The van der Waals surface area contributed by atoms with Gasteiger partial charge in [-0.1, -0.05) is 12.5 Å². The number of nitrogens with zero attached hydrogens (tertiary/aromatic N) is 2. The fourth-order valence-corrected chi connectivity index (χ4v) is 2.80. The second-order valence-electron chi connectivity index (χ2n) is 5.41. The van der Waals surface area contributed by atoms with E-state index in [2.05, 4.69) is 9.97 Å². The molecule has 6 heteroatoms. The van der Waals surface area contributed by atoms with Crippen LogP contribution in [0.25, 0.3) is 0 Å². The summed E-state index contributed by atoms with van der Waals surface area (Å²) in [6.45, 7) is 0. The molecule has 1 saturated carbocycles. The summed E-state index contributed by atoms with van der Waals surface area (Å²) in [4.78, 5) is 20.1. The Balaban J connectivity index is 2.03. The molecule has 0 saturated heterocycles. The second kappa shape index (κ2) is 5.19. The molecule has 2 heterocycles. The van der Waals surface area contributed by atoms with Crippen molar-refractivity contribution in [1.82, 2.24) is 9.97 Å². The van der Waals surface area contributed by atoms with E-state index in [4.69, 9.17) is 0 Å². The molecule has 3 rings (SSSR count). The van der Waals surface area contributed by atoms with Crippen molar-refractivity contribution in [2.45, 2.75) is 30.9 Å². The molecule has 2 aromatic heterocycles. The SMILES string of the molecule is O=C(c1ccccn1)C1(c2ccnc(C(F)(F)F)c2)CCC1. The molecule has 0 aliphatic heterocycles. The van der Waals surface area contributed by atoms with Crippen molar-refractivity contribution in [3.63, 3.8) is 0 Å². The lowest BCUT2D eigenvalue weighted by atomic mass is 9.61. The summed E-state index contributed by atoms with van der Waals surface area (Å²) in [7, 11) is 0. The third kappa shape index (κ3) is 2.38. The largest absolute Gasteiger partial charge is 0.433 e. The number of Topliss-reactive ketones (excluding diaryl/α,β-unsaturated/α-hetero) is 1. The van der Waals surface area contributed by atoms with Gasteiger partial charge in [-0.05, 0) is 42.7 Å². The Morgan fingerprint density at radius 2 is 1.86 bits per heavy atom. The van der Waals surface area contributed by atoms with E-state index in [0.29, 0.717) is 18.4 Å². The predicted molar refractivity (Wildman–Crippen MR) is 73.3 cm³/mol. The minimum absolute atomic E-state index is 0.223. The van der Waals surface area contributed by atoms with Crippen LogP contribution in [-0.4, -0.2) is 15.8 Å². The molecule has 0 unspecified atom stereocenters. The Morgan fingerprint density at radius 3 is 2.41 bits per heavy atom. The number of alkyl halides is 3. The van der Waals surface area contributed by atoms with Gasteiger partial charge in [0.25, 0.3) is 0 Å². The molecule has 22 heavy (non-hydrogen) atoms. The number of hydrogen-bond donors (Lipinski definition) is 0. The standard InChI is InChI=1S/C16H13F3N2O/c17-16(18,19)13-10-11(5-9-21-13)15(6-3-7-15)14(22)12-4-1-2-8-20-12/h1-2,4-5,8-10H,3,6-7H2. The number of carbonyl (C=O) groups is 1. The van der Waals surface area contributed by atoms with Gasteiger partial charge in [-0.25, -0.2) is 0 Å². The molecule has 0 bridgehead atoms. The molecule has 0 spiro atoms. The molecule has 0 amide bonds. The zero-order valence-corrected chi connectivity index (χ0v) is 11.6. The first-order chi connectivity index (χ1) is 10.4. The van der Waals surface area contributed by atoms with Gasteiger partial charge < -0.3 is 0 Å². The molecular formula is C16H13F3N2O. The lowest BCUT2D eigenvalue weighted by Crippen LogP contribution is -2.43. The summed E-state index contributed by atoms with van der Waals surface area (Å²) in [5.41, 5.74) is -1.22. The molecule has 114 valence electrons. The van der Waals surface area contributed by atoms with Gasteiger partial charge in [0.1, 0.15) is 11.4 Å². The topological polar surface area (TPSA) is 42.9 Å². The van der Waals surface area contributed by atoms with E-state index >= 15 is 0 Å². The van der Waals surface area contributed by atoms with Crippen LogP contribution in [0.3, 0.4) is 0 Å². The minimum Gasteiger partial charge on any atom is -0.291 e. The van der Waals surface area contributed by atoms with Crippen LogP contribution in [0.1, 0.15) is 41.0 Å². The fraction of sp³-hybridized carbons (Fsp3) is 0.312. The van der Waals surface area contributed by atoms with Crippen molar-refractivity contribution in [3.8, 4) is 0 Å². The maximum absolute atomic E-state index is 12.8. The predicted octanol–water partition coefficient (Wildman–Crippen LogP) is 3.80. The molecule has 1 aliphatic carbocycles. The number of aromatic nitrogens is 2. The van der Waals surface area contributed by atoms with Crippen LogP contribution in [0.2, 0.25) is 0 Å². The normalized spacial score (nSPS) is 16.9. The number of pyridine rings is 2. The van der Waals surface area contributed by atoms with Crippen molar-refractivity contribution >= 4 is 5.78 Å². The van der Waals surface area contributed by atoms with Gasteiger partial charge in [-0.15, -0.1) is 0 Å². The summed E-state index contributed by atoms with van der Waals surface area (Å²) in [6.07, 6.45) is -0.0259. The van der Waals surface area contributed by atoms with Crippen molar-refractivity contribution in [3.05, 3.63) is 59.7 Å². The van der Waals surface area contributed by atoms with Gasteiger partial charge in [-0.2, -0.15) is 13.2 Å². The quantitative estimate of drug-likeness (QED) is 0.810. The number of halogens is 3. The van der Waals surface area contributed by atoms with Gasteiger partial charge in [-0.3, -0.25) is 14.8 Å². The molecular weight excluding hydrogens is 293 g/mol. The number of rotatable bonds is 3. The fourth-order valence-electron chi connectivity index (χ4n) is 2.80. The van der Waals surface area contributed by atoms with E-state index < -0.39 is 17.3 Å². The van der Waals surface area contributed by atoms with E-state index in [1.807, 2.05) is 0 Å². The summed E-state index contributed by atoms with van der Waals surface area (Å²) in [6, 6.07) is 7.46. The zero-order chi connectivity index (χ0) is 15.8. The smallest absolute Gasteiger partial charge is 0.291 e. The van der Waals surface area contributed by atoms with Gasteiger partial charge in [0.2, 0.25) is 0 Å². The van der Waals surface area contributed by atoms with Crippen molar-refractivity contribution < 1.29 is 18.0 Å². The maximum atomic E-state index is 12.8. The van der Waals surface area contributed by atoms with E-state index in [1.165, 1.54) is 12.3 Å². The Kier molecular flexibility index (Phi) is 3.47. The van der Waals surface area contributed by atoms with Gasteiger partial charge in [0.05, 0.1) is 5.41 Å². The highest BCUT2D eigenvalue weighted by atomic mass is 19.4. The molecule has 0 aromatic carbocycles. The van der Waals surface area contributed by atoms with Crippen molar-refractivity contribution in [1.29, 1.82) is 0 Å². The molecule has 3 nitrogen and oxygen atoms in total. The van der Waals surface area contributed by atoms with Crippen LogP contribution in [0.5, 0.6) is 0 Å². The Morgan fingerprint density at radius 1 is 1.09 bits per heavy atom. The van der Waals surface area contributed by atoms with Gasteiger partial charge in [0.15, 0.2) is 5.78 Å². The Bertz CT molecular complexity index is 694. The molecule has 1 fully saturated rings. The molecule has 0 radical (unpaired) electrons. The Hall–Kier alpha value is -2.24. The van der Waals surface area contributed by atoms with E-state index in [-0.39, 0.29) is 11.5 Å². The van der Waals surface area contributed by atoms with Crippen molar-refractivity contribution in [2.24, 2.45) is 0 Å². The summed E-state index contributed by atoms with van der Waals surface area (Å²) < 4.78 is 38.5. The molecule has 1 aliphatic rings. The van der Waals surface area contributed by atoms with E-state index in [9.17, 15) is 18.0 Å². The monoisotopic (exact) mass is 306 g/mol. The van der Waals surface area contributed by atoms with Crippen LogP contribution in [0.15, 0.2) is 42.7 Å². The average Bonchev–Trinajstić information content (AvgIpc) is 2.46. The van der Waals surface area contributed by atoms with Crippen LogP contribution in [-0.2, 0) is 11.6 Å². The highest BCUT2D eigenvalue weighted by Crippen LogP contribution is 2.46. The molecule has 2 aromatic rings. The highest BCUT2D eigenvalue weighted by molar-refractivity contribution is 6.03. The summed E-state index contributed by atoms with van der Waals surface area (Å²) in [5.74, 6) is -0.223. The van der Waals surface area contributed by atoms with Gasteiger partial charge >= 0.3 is 6.18 Å². The third-order valence-corrected chi connectivity index (χ3v) is 4.14. The van der Waals surface area contributed by atoms with Crippen LogP contribution in [0.4, 0.5) is 13.2 Å². The first kappa shape index (κ1) is 14.7. The summed E-state index contributed by atoms with van der Waals surface area (Å²) >= 11 is 0. The Labute approximate surface area is 125 Å². The van der Waals surface area contributed by atoms with Gasteiger partial charge in [0, 0.05) is 12.4 Å². The third-order valence-electron chi connectivity index (χ3n) is 4.14. The van der Waals surface area contributed by atoms with Crippen LogP contribution in [0, 0.1) is 0 Å².